The minimum absolute atomic E-state index is 0.107. The number of ether oxygens (including phenoxy) is 2. The summed E-state index contributed by atoms with van der Waals surface area (Å²) >= 11 is 6.04. The van der Waals surface area contributed by atoms with Crippen molar-refractivity contribution in [1.82, 2.24) is 0 Å². The fraction of sp³-hybridized carbons (Fsp3) is 0.333. The Morgan fingerprint density at radius 2 is 2.04 bits per heavy atom. The number of hydrogen-bond donors (Lipinski definition) is 0. The summed E-state index contributed by atoms with van der Waals surface area (Å²) in [7, 11) is 0. The lowest BCUT2D eigenvalue weighted by molar-refractivity contribution is 0.0933. The second-order valence-electron chi connectivity index (χ2n) is 6.44. The summed E-state index contributed by atoms with van der Waals surface area (Å²) in [4.78, 5) is 24.4. The third-order valence-corrected chi connectivity index (χ3v) is 4.52. The molecule has 5 nitrogen and oxygen atoms in total. The first-order valence-electron chi connectivity index (χ1n) is 7.68. The number of rotatable bonds is 1. The van der Waals surface area contributed by atoms with Gasteiger partial charge in [-0.3, -0.25) is 4.79 Å². The van der Waals surface area contributed by atoms with Gasteiger partial charge in [0.2, 0.25) is 0 Å². The van der Waals surface area contributed by atoms with Crippen LogP contribution in [0.3, 0.4) is 0 Å². The molecular formula is C18H15ClO5. The van der Waals surface area contributed by atoms with Crippen molar-refractivity contribution in [2.75, 3.05) is 6.61 Å². The minimum Gasteiger partial charge on any atom is -0.491 e. The highest BCUT2D eigenvalue weighted by atomic mass is 35.5. The van der Waals surface area contributed by atoms with Crippen molar-refractivity contribution in [2.24, 2.45) is 0 Å². The van der Waals surface area contributed by atoms with Crippen LogP contribution in [0, 0.1) is 0 Å². The Labute approximate surface area is 142 Å². The molecule has 2 aliphatic heterocycles. The molecular weight excluding hydrogens is 332 g/mol. The van der Waals surface area contributed by atoms with Crippen LogP contribution in [0.1, 0.15) is 41.8 Å². The van der Waals surface area contributed by atoms with E-state index in [1.54, 1.807) is 0 Å². The molecule has 0 amide bonds. The van der Waals surface area contributed by atoms with E-state index in [-0.39, 0.29) is 23.7 Å². The molecule has 0 radical (unpaired) electrons. The first-order valence-corrected chi connectivity index (χ1v) is 8.21. The van der Waals surface area contributed by atoms with Crippen LogP contribution in [-0.2, 0) is 5.88 Å². The monoisotopic (exact) mass is 346 g/mol. The normalized spacial score (nSPS) is 17.9. The summed E-state index contributed by atoms with van der Waals surface area (Å²) in [6, 6.07) is 1.34. The Morgan fingerprint density at radius 3 is 2.79 bits per heavy atom. The molecule has 3 heterocycles. The van der Waals surface area contributed by atoms with Crippen LogP contribution >= 0.6 is 11.6 Å². The van der Waals surface area contributed by atoms with Crippen LogP contribution in [0.4, 0.5) is 0 Å². The van der Waals surface area contributed by atoms with Crippen LogP contribution in [-0.4, -0.2) is 18.0 Å². The average Bonchev–Trinajstić information content (AvgIpc) is 2.52. The lowest BCUT2D eigenvalue weighted by Gasteiger charge is -2.31. The van der Waals surface area contributed by atoms with Crippen molar-refractivity contribution in [3.05, 3.63) is 39.3 Å². The number of hydrogen-bond acceptors (Lipinski definition) is 5. The fourth-order valence-corrected chi connectivity index (χ4v) is 3.37. The molecule has 0 saturated carbocycles. The van der Waals surface area contributed by atoms with E-state index in [2.05, 4.69) is 0 Å². The third kappa shape index (κ3) is 2.15. The van der Waals surface area contributed by atoms with Crippen molar-refractivity contribution < 1.29 is 18.7 Å². The highest BCUT2D eigenvalue weighted by Crippen LogP contribution is 2.48. The molecule has 0 saturated heterocycles. The topological polar surface area (TPSA) is 65.7 Å². The van der Waals surface area contributed by atoms with Crippen LogP contribution in [0.15, 0.2) is 21.4 Å². The molecule has 2 aromatic rings. The van der Waals surface area contributed by atoms with Gasteiger partial charge in [0.25, 0.3) is 0 Å². The Morgan fingerprint density at radius 1 is 1.25 bits per heavy atom. The quantitative estimate of drug-likeness (QED) is 0.582. The number of halogens is 1. The first-order chi connectivity index (χ1) is 11.4. The third-order valence-electron chi connectivity index (χ3n) is 4.23. The van der Waals surface area contributed by atoms with Crippen molar-refractivity contribution in [2.45, 2.75) is 31.7 Å². The Hall–Kier alpha value is -2.27. The number of fused-ring (bicyclic) bond motifs is 6. The molecule has 0 aliphatic carbocycles. The second-order valence-corrected chi connectivity index (χ2v) is 6.70. The van der Waals surface area contributed by atoms with E-state index in [0.29, 0.717) is 40.2 Å². The van der Waals surface area contributed by atoms with E-state index in [4.69, 9.17) is 25.5 Å². The molecule has 0 unspecified atom stereocenters. The second kappa shape index (κ2) is 5.11. The highest BCUT2D eigenvalue weighted by molar-refractivity contribution is 6.19. The molecule has 2 aliphatic rings. The molecule has 24 heavy (non-hydrogen) atoms. The van der Waals surface area contributed by atoms with Gasteiger partial charge in [-0.05, 0) is 31.6 Å². The average molecular weight is 347 g/mol. The van der Waals surface area contributed by atoms with Crippen LogP contribution in [0.2, 0.25) is 0 Å². The number of carbonyl (C=O) groups is 1. The maximum atomic E-state index is 12.5. The number of alkyl halides is 1. The Bertz CT molecular complexity index is 968. The smallest absolute Gasteiger partial charge is 0.336 e. The van der Waals surface area contributed by atoms with Crippen LogP contribution < -0.4 is 15.1 Å². The van der Waals surface area contributed by atoms with Gasteiger partial charge in [-0.2, -0.15) is 0 Å². The van der Waals surface area contributed by atoms with Gasteiger partial charge in [0.1, 0.15) is 22.7 Å². The van der Waals surface area contributed by atoms with Gasteiger partial charge in [-0.15, -0.1) is 11.6 Å². The molecule has 0 N–H and O–H groups in total. The molecule has 1 aromatic carbocycles. The van der Waals surface area contributed by atoms with Gasteiger partial charge in [-0.25, -0.2) is 4.79 Å². The maximum absolute atomic E-state index is 12.5. The van der Waals surface area contributed by atoms with E-state index in [0.717, 1.165) is 0 Å². The van der Waals surface area contributed by atoms with Gasteiger partial charge in [0.05, 0.1) is 17.6 Å². The van der Waals surface area contributed by atoms with Gasteiger partial charge in [-0.1, -0.05) is 0 Å². The molecule has 124 valence electrons. The van der Waals surface area contributed by atoms with Gasteiger partial charge < -0.3 is 13.9 Å². The molecule has 4 rings (SSSR count). The molecule has 0 bridgehead atoms. The predicted octanol–water partition coefficient (Wildman–Crippen LogP) is 3.68. The van der Waals surface area contributed by atoms with Crippen molar-refractivity contribution in [3.8, 4) is 11.5 Å². The summed E-state index contributed by atoms with van der Waals surface area (Å²) in [5.41, 5.74) is 0.669. The summed E-state index contributed by atoms with van der Waals surface area (Å²) in [5, 5.41) is 0.564. The maximum Gasteiger partial charge on any atom is 0.336 e. The molecule has 6 heteroatoms. The highest BCUT2D eigenvalue weighted by Gasteiger charge is 2.34. The van der Waals surface area contributed by atoms with E-state index < -0.39 is 11.2 Å². The van der Waals surface area contributed by atoms with Crippen LogP contribution in [0.25, 0.3) is 17.0 Å². The summed E-state index contributed by atoms with van der Waals surface area (Å²) < 4.78 is 17.2. The lowest BCUT2D eigenvalue weighted by Crippen LogP contribution is -2.29. The molecule has 0 atom stereocenters. The molecule has 0 spiro atoms. The van der Waals surface area contributed by atoms with Crippen molar-refractivity contribution in [3.63, 3.8) is 0 Å². The van der Waals surface area contributed by atoms with Crippen LogP contribution in [0.5, 0.6) is 11.5 Å². The zero-order valence-corrected chi connectivity index (χ0v) is 14.0. The number of benzene rings is 1. The van der Waals surface area contributed by atoms with E-state index in [1.807, 2.05) is 26.0 Å². The standard InChI is InChI=1S/C18H15ClO5/c1-18(2)5-3-10-15-14(11(20)4-6-22-15)17-13(16(10)24-18)9(8-19)7-12(21)23-17/h3,5,7H,4,6,8H2,1-2H3. The van der Waals surface area contributed by atoms with Gasteiger partial charge in [0, 0.05) is 18.4 Å². The van der Waals surface area contributed by atoms with E-state index >= 15 is 0 Å². The molecule has 0 fully saturated rings. The van der Waals surface area contributed by atoms with Gasteiger partial charge in [0.15, 0.2) is 11.4 Å². The SMILES string of the molecule is CC1(C)C=Cc2c3c(c4oc(=O)cc(CCl)c4c2O1)C(=O)CCO3. The lowest BCUT2D eigenvalue weighted by atomic mass is 9.92. The van der Waals surface area contributed by atoms with E-state index in [9.17, 15) is 9.59 Å². The summed E-state index contributed by atoms with van der Waals surface area (Å²) in [6.45, 7) is 4.13. The zero-order valence-electron chi connectivity index (χ0n) is 13.3. The number of ketones is 1. The number of carbonyl (C=O) groups excluding carboxylic acids is 1. The Balaban J connectivity index is 2.22. The number of Topliss-reactive ketones (excluding diaryl/α,β-unsaturated/α-hetero) is 1. The first kappa shape index (κ1) is 15.3. The minimum atomic E-state index is -0.552. The van der Waals surface area contributed by atoms with Crippen molar-refractivity contribution >= 4 is 34.4 Å². The fourth-order valence-electron chi connectivity index (χ4n) is 3.16. The Kier molecular flexibility index (Phi) is 3.25. The predicted molar refractivity (Wildman–Crippen MR) is 90.2 cm³/mol. The zero-order chi connectivity index (χ0) is 17.1. The summed E-state index contributed by atoms with van der Waals surface area (Å²) in [5.74, 6) is 0.938. The summed E-state index contributed by atoms with van der Waals surface area (Å²) in [6.07, 6.45) is 4.04. The van der Waals surface area contributed by atoms with E-state index in [1.165, 1.54) is 6.07 Å². The van der Waals surface area contributed by atoms with Gasteiger partial charge >= 0.3 is 5.63 Å². The molecule has 1 aromatic heterocycles. The van der Waals surface area contributed by atoms with Crippen molar-refractivity contribution in [1.29, 1.82) is 0 Å². The largest absolute Gasteiger partial charge is 0.491 e.